The second kappa shape index (κ2) is 4.70. The number of carbonyl (C=O) groups excluding carboxylic acids is 1. The van der Waals surface area contributed by atoms with Gasteiger partial charge in [-0.2, -0.15) is 0 Å². The molecule has 4 heteroatoms. The molecule has 0 atom stereocenters. The number of hydrogen-bond donors (Lipinski definition) is 0. The van der Waals surface area contributed by atoms with Crippen molar-refractivity contribution in [2.45, 2.75) is 26.2 Å². The standard InChI is InChI=1S/C8H14BrNO2/c1-2-7-3-5-10(6-4-7)8(11)12-9/h7H,2-6H2,1H3. The zero-order chi connectivity index (χ0) is 8.97. The van der Waals surface area contributed by atoms with Gasteiger partial charge in [-0.15, -0.1) is 0 Å². The lowest BCUT2D eigenvalue weighted by atomic mass is 9.95. The first-order chi connectivity index (χ1) is 5.77. The molecule has 0 unspecified atom stereocenters. The maximum atomic E-state index is 11.0. The van der Waals surface area contributed by atoms with Gasteiger partial charge in [-0.05, 0) is 18.8 Å². The molecule has 0 radical (unpaired) electrons. The minimum atomic E-state index is -0.260. The van der Waals surface area contributed by atoms with Crippen molar-refractivity contribution in [1.29, 1.82) is 0 Å². The first-order valence-electron chi connectivity index (χ1n) is 4.35. The van der Waals surface area contributed by atoms with Crippen LogP contribution < -0.4 is 0 Å². The van der Waals surface area contributed by atoms with Crippen LogP contribution >= 0.6 is 16.3 Å². The summed E-state index contributed by atoms with van der Waals surface area (Å²) in [6.45, 7) is 3.87. The minimum absolute atomic E-state index is 0.260. The quantitative estimate of drug-likeness (QED) is 0.700. The number of piperidine rings is 1. The van der Waals surface area contributed by atoms with Crippen LogP contribution in [-0.2, 0) is 3.83 Å². The van der Waals surface area contributed by atoms with E-state index in [4.69, 9.17) is 0 Å². The molecule has 1 heterocycles. The molecule has 1 aliphatic rings. The van der Waals surface area contributed by atoms with Gasteiger partial charge in [0.1, 0.15) is 0 Å². The van der Waals surface area contributed by atoms with Crippen LogP contribution in [0.1, 0.15) is 26.2 Å². The highest BCUT2D eigenvalue weighted by Gasteiger charge is 2.22. The summed E-state index contributed by atoms with van der Waals surface area (Å²) >= 11 is 2.69. The molecular formula is C8H14BrNO2. The van der Waals surface area contributed by atoms with Crippen LogP contribution in [-0.4, -0.2) is 24.1 Å². The van der Waals surface area contributed by atoms with Gasteiger partial charge in [0.05, 0.1) is 0 Å². The predicted octanol–water partition coefficient (Wildman–Crippen LogP) is 2.55. The zero-order valence-corrected chi connectivity index (χ0v) is 8.84. The lowest BCUT2D eigenvalue weighted by Crippen LogP contribution is -2.37. The van der Waals surface area contributed by atoms with Crippen molar-refractivity contribution in [3.63, 3.8) is 0 Å². The number of hydrogen-bond acceptors (Lipinski definition) is 2. The molecule has 0 spiro atoms. The molecule has 0 saturated carbocycles. The van der Waals surface area contributed by atoms with E-state index in [-0.39, 0.29) is 6.09 Å². The third-order valence-electron chi connectivity index (χ3n) is 2.52. The van der Waals surface area contributed by atoms with Crippen molar-refractivity contribution in [2.24, 2.45) is 5.92 Å². The Hall–Kier alpha value is -0.250. The second-order valence-corrected chi connectivity index (χ2v) is 3.51. The number of carbonyl (C=O) groups is 1. The van der Waals surface area contributed by atoms with Gasteiger partial charge in [-0.1, -0.05) is 13.3 Å². The highest BCUT2D eigenvalue weighted by molar-refractivity contribution is 9.06. The highest BCUT2D eigenvalue weighted by atomic mass is 79.9. The molecule has 0 aromatic heterocycles. The molecule has 70 valence electrons. The Bertz CT molecular complexity index is 155. The Morgan fingerprint density at radius 3 is 2.58 bits per heavy atom. The van der Waals surface area contributed by atoms with Crippen LogP contribution in [0.4, 0.5) is 4.79 Å². The van der Waals surface area contributed by atoms with E-state index in [1.165, 1.54) is 6.42 Å². The number of nitrogens with zero attached hydrogens (tertiary/aromatic N) is 1. The lowest BCUT2D eigenvalue weighted by molar-refractivity contribution is 0.139. The molecule has 1 rings (SSSR count). The Morgan fingerprint density at radius 1 is 1.58 bits per heavy atom. The number of likely N-dealkylation sites (tertiary alicyclic amines) is 1. The summed E-state index contributed by atoms with van der Waals surface area (Å²) in [6.07, 6.45) is 3.18. The van der Waals surface area contributed by atoms with E-state index >= 15 is 0 Å². The normalized spacial score (nSPS) is 19.3. The molecule has 3 nitrogen and oxygen atoms in total. The van der Waals surface area contributed by atoms with E-state index in [0.29, 0.717) is 0 Å². The molecule has 0 aliphatic carbocycles. The van der Waals surface area contributed by atoms with Gasteiger partial charge in [0.25, 0.3) is 0 Å². The van der Waals surface area contributed by atoms with E-state index in [1.54, 1.807) is 4.90 Å². The van der Waals surface area contributed by atoms with Crippen molar-refractivity contribution in [2.75, 3.05) is 13.1 Å². The molecule has 1 fully saturated rings. The Balaban J connectivity index is 2.30. The van der Waals surface area contributed by atoms with E-state index in [1.807, 2.05) is 0 Å². The monoisotopic (exact) mass is 235 g/mol. The molecule has 0 aromatic carbocycles. The fourth-order valence-corrected chi connectivity index (χ4v) is 1.78. The minimum Gasteiger partial charge on any atom is -0.367 e. The van der Waals surface area contributed by atoms with E-state index in [9.17, 15) is 4.79 Å². The van der Waals surface area contributed by atoms with E-state index < -0.39 is 0 Å². The highest BCUT2D eigenvalue weighted by Crippen LogP contribution is 2.20. The van der Waals surface area contributed by atoms with Crippen LogP contribution in [0.2, 0.25) is 0 Å². The molecular weight excluding hydrogens is 222 g/mol. The average Bonchev–Trinajstić information content (AvgIpc) is 2.17. The SMILES string of the molecule is CCC1CCN(C(=O)OBr)CC1. The van der Waals surface area contributed by atoms with Crippen LogP contribution in [0.5, 0.6) is 0 Å². The average molecular weight is 236 g/mol. The van der Waals surface area contributed by atoms with Crippen LogP contribution in [0, 0.1) is 5.92 Å². The summed E-state index contributed by atoms with van der Waals surface area (Å²) in [5.74, 6) is 0.796. The fourth-order valence-electron chi connectivity index (χ4n) is 1.57. The van der Waals surface area contributed by atoms with Crippen molar-refractivity contribution < 1.29 is 8.62 Å². The van der Waals surface area contributed by atoms with Crippen molar-refractivity contribution >= 4 is 22.4 Å². The van der Waals surface area contributed by atoms with Gasteiger partial charge in [-0.25, -0.2) is 4.79 Å². The Kier molecular flexibility index (Phi) is 3.85. The van der Waals surface area contributed by atoms with Gasteiger partial charge in [0.2, 0.25) is 0 Å². The summed E-state index contributed by atoms with van der Waals surface area (Å²) in [7, 11) is 0. The van der Waals surface area contributed by atoms with Crippen LogP contribution in [0.15, 0.2) is 0 Å². The molecule has 1 saturated heterocycles. The second-order valence-electron chi connectivity index (χ2n) is 3.18. The smallest absolute Gasteiger partial charge is 0.367 e. The van der Waals surface area contributed by atoms with Gasteiger partial charge in [-0.3, -0.25) is 0 Å². The fraction of sp³-hybridized carbons (Fsp3) is 0.875. The van der Waals surface area contributed by atoms with Crippen molar-refractivity contribution in [3.8, 4) is 0 Å². The zero-order valence-electron chi connectivity index (χ0n) is 7.25. The van der Waals surface area contributed by atoms with Gasteiger partial charge in [0.15, 0.2) is 16.3 Å². The maximum absolute atomic E-state index is 11.0. The maximum Gasteiger partial charge on any atom is 0.421 e. The molecule has 0 bridgehead atoms. The van der Waals surface area contributed by atoms with E-state index in [0.717, 1.165) is 31.8 Å². The molecule has 0 aromatic rings. The predicted molar refractivity (Wildman–Crippen MR) is 50.0 cm³/mol. The Morgan fingerprint density at radius 2 is 2.17 bits per heavy atom. The molecule has 12 heavy (non-hydrogen) atoms. The van der Waals surface area contributed by atoms with Crippen LogP contribution in [0.3, 0.4) is 0 Å². The summed E-state index contributed by atoms with van der Waals surface area (Å²) in [6, 6.07) is 0. The summed E-state index contributed by atoms with van der Waals surface area (Å²) in [5.41, 5.74) is 0. The Labute approximate surface area is 81.5 Å². The number of halogens is 1. The third kappa shape index (κ3) is 2.37. The van der Waals surface area contributed by atoms with Crippen molar-refractivity contribution in [1.82, 2.24) is 4.90 Å². The summed E-state index contributed by atoms with van der Waals surface area (Å²) in [4.78, 5) is 12.8. The van der Waals surface area contributed by atoms with Gasteiger partial charge in [0, 0.05) is 13.1 Å². The van der Waals surface area contributed by atoms with E-state index in [2.05, 4.69) is 27.0 Å². The summed E-state index contributed by atoms with van der Waals surface area (Å²) in [5, 5.41) is 0. The third-order valence-corrected chi connectivity index (χ3v) is 2.79. The first-order valence-corrected chi connectivity index (χ1v) is 5.00. The summed E-state index contributed by atoms with van der Waals surface area (Å²) < 4.78 is 4.46. The molecule has 1 amide bonds. The molecule has 0 N–H and O–H groups in total. The van der Waals surface area contributed by atoms with Gasteiger partial charge >= 0.3 is 6.09 Å². The lowest BCUT2D eigenvalue weighted by Gasteiger charge is -2.29. The topological polar surface area (TPSA) is 29.5 Å². The first kappa shape index (κ1) is 9.84. The van der Waals surface area contributed by atoms with Crippen molar-refractivity contribution in [3.05, 3.63) is 0 Å². The van der Waals surface area contributed by atoms with Crippen LogP contribution in [0.25, 0.3) is 0 Å². The number of amides is 1. The number of rotatable bonds is 1. The van der Waals surface area contributed by atoms with Gasteiger partial charge < -0.3 is 8.73 Å². The largest absolute Gasteiger partial charge is 0.421 e. The molecule has 1 aliphatic heterocycles.